The van der Waals surface area contributed by atoms with Crippen molar-refractivity contribution in [3.05, 3.63) is 84.4 Å². The molecule has 0 atom stereocenters. The molecule has 0 saturated carbocycles. The summed E-state index contributed by atoms with van der Waals surface area (Å²) >= 11 is 0. The number of fused-ring (bicyclic) bond motifs is 1. The molecule has 28 heavy (non-hydrogen) atoms. The van der Waals surface area contributed by atoms with Gasteiger partial charge in [0, 0.05) is 6.54 Å². The highest BCUT2D eigenvalue weighted by Crippen LogP contribution is 2.23. The van der Waals surface area contributed by atoms with Crippen LogP contribution in [0.2, 0.25) is 0 Å². The van der Waals surface area contributed by atoms with Crippen LogP contribution in [0.1, 0.15) is 18.1 Å². The summed E-state index contributed by atoms with van der Waals surface area (Å²) < 4.78 is 27.7. The van der Waals surface area contributed by atoms with Gasteiger partial charge in [0.05, 0.1) is 11.4 Å². The van der Waals surface area contributed by atoms with E-state index in [0.29, 0.717) is 0 Å². The number of nitrogens with zero attached hydrogens (tertiary/aromatic N) is 1. The van der Waals surface area contributed by atoms with Crippen molar-refractivity contribution < 1.29 is 8.42 Å². The average molecular weight is 390 g/mol. The van der Waals surface area contributed by atoms with Crippen LogP contribution in [0.25, 0.3) is 16.3 Å². The van der Waals surface area contributed by atoms with Gasteiger partial charge in [-0.2, -0.15) is 4.31 Å². The lowest BCUT2D eigenvalue weighted by atomic mass is 10.0. The lowest BCUT2D eigenvalue weighted by molar-refractivity contribution is 0.482. The molecule has 0 spiro atoms. The Balaban J connectivity index is 1.91. The molecule has 4 heteroatoms. The number of rotatable bonds is 6. The second-order valence-electron chi connectivity index (χ2n) is 6.68. The summed E-state index contributed by atoms with van der Waals surface area (Å²) in [5.74, 6) is 5.66. The standard InChI is InChI=1S/C24H23NO2S/c1-4-5-16-25(28(26,27)24-14-10-19(2)11-15-24)18-20(3)22-13-12-21-8-6-7-9-23(21)17-22/h6-15,17H,3,16,18H2,1-2H3. The van der Waals surface area contributed by atoms with E-state index in [9.17, 15) is 8.42 Å². The Kier molecular flexibility index (Phi) is 5.99. The summed E-state index contributed by atoms with van der Waals surface area (Å²) in [6, 6.07) is 21.0. The van der Waals surface area contributed by atoms with Crippen molar-refractivity contribution in [2.24, 2.45) is 0 Å². The SMILES string of the molecule is C=C(CN(CC#CC)S(=O)(=O)c1ccc(C)cc1)c1ccc2ccccc2c1. The third-order valence-electron chi connectivity index (χ3n) is 4.62. The zero-order valence-corrected chi connectivity index (χ0v) is 17.0. The minimum atomic E-state index is -3.67. The smallest absolute Gasteiger partial charge is 0.207 e. The Hall–Kier alpha value is -2.87. The van der Waals surface area contributed by atoms with Crippen molar-refractivity contribution in [1.82, 2.24) is 4.31 Å². The molecule has 0 unspecified atom stereocenters. The van der Waals surface area contributed by atoms with Gasteiger partial charge in [-0.15, -0.1) is 5.92 Å². The van der Waals surface area contributed by atoms with Crippen LogP contribution in [0, 0.1) is 18.8 Å². The van der Waals surface area contributed by atoms with Crippen LogP contribution in [-0.2, 0) is 10.0 Å². The molecular weight excluding hydrogens is 366 g/mol. The number of hydrogen-bond acceptors (Lipinski definition) is 2. The molecule has 3 nitrogen and oxygen atoms in total. The fourth-order valence-corrected chi connectivity index (χ4v) is 4.30. The highest BCUT2D eigenvalue weighted by Gasteiger charge is 2.24. The number of benzene rings is 3. The molecule has 0 aliphatic rings. The Morgan fingerprint density at radius 2 is 1.68 bits per heavy atom. The summed E-state index contributed by atoms with van der Waals surface area (Å²) in [4.78, 5) is 0.266. The molecular formula is C24H23NO2S. The number of aryl methyl sites for hydroxylation is 1. The normalized spacial score (nSPS) is 11.2. The second-order valence-corrected chi connectivity index (χ2v) is 8.62. The minimum Gasteiger partial charge on any atom is -0.207 e. The van der Waals surface area contributed by atoms with Crippen LogP contribution < -0.4 is 0 Å². The maximum absolute atomic E-state index is 13.1. The van der Waals surface area contributed by atoms with Gasteiger partial charge in [0.2, 0.25) is 10.0 Å². The van der Waals surface area contributed by atoms with Gasteiger partial charge in [-0.3, -0.25) is 0 Å². The molecule has 142 valence electrons. The molecule has 3 aromatic carbocycles. The summed E-state index contributed by atoms with van der Waals surface area (Å²) in [7, 11) is -3.67. The van der Waals surface area contributed by atoms with E-state index in [1.165, 1.54) is 4.31 Å². The first-order valence-electron chi connectivity index (χ1n) is 9.05. The first-order valence-corrected chi connectivity index (χ1v) is 10.5. The summed E-state index contributed by atoms with van der Waals surface area (Å²) in [6.07, 6.45) is 0. The summed E-state index contributed by atoms with van der Waals surface area (Å²) in [5.41, 5.74) is 2.67. The minimum absolute atomic E-state index is 0.124. The summed E-state index contributed by atoms with van der Waals surface area (Å²) in [6.45, 7) is 8.09. The molecule has 0 amide bonds. The molecule has 0 heterocycles. The zero-order chi connectivity index (χ0) is 20.1. The predicted octanol–water partition coefficient (Wildman–Crippen LogP) is 4.88. The van der Waals surface area contributed by atoms with Crippen LogP contribution in [-0.4, -0.2) is 25.8 Å². The van der Waals surface area contributed by atoms with E-state index in [2.05, 4.69) is 18.4 Å². The lowest BCUT2D eigenvalue weighted by Crippen LogP contribution is -2.33. The fraction of sp³-hybridized carbons (Fsp3) is 0.167. The van der Waals surface area contributed by atoms with Crippen molar-refractivity contribution in [2.45, 2.75) is 18.7 Å². The molecule has 0 aliphatic heterocycles. The monoisotopic (exact) mass is 389 g/mol. The molecule has 0 radical (unpaired) electrons. The maximum atomic E-state index is 13.1. The molecule has 0 fully saturated rings. The topological polar surface area (TPSA) is 37.4 Å². The quantitative estimate of drug-likeness (QED) is 0.564. The largest absolute Gasteiger partial charge is 0.244 e. The van der Waals surface area contributed by atoms with Gasteiger partial charge in [0.25, 0.3) is 0 Å². The molecule has 0 bridgehead atoms. The first kappa shape index (κ1) is 19.9. The Morgan fingerprint density at radius 1 is 1.00 bits per heavy atom. The highest BCUT2D eigenvalue weighted by atomic mass is 32.2. The maximum Gasteiger partial charge on any atom is 0.244 e. The van der Waals surface area contributed by atoms with Crippen LogP contribution in [0.15, 0.2) is 78.2 Å². The highest BCUT2D eigenvalue weighted by molar-refractivity contribution is 7.89. The van der Waals surface area contributed by atoms with E-state index in [0.717, 1.165) is 27.5 Å². The Bertz CT molecular complexity index is 1170. The van der Waals surface area contributed by atoms with E-state index in [-0.39, 0.29) is 18.0 Å². The van der Waals surface area contributed by atoms with Gasteiger partial charge in [0.1, 0.15) is 0 Å². The van der Waals surface area contributed by atoms with Gasteiger partial charge in [-0.05, 0) is 54.0 Å². The van der Waals surface area contributed by atoms with Gasteiger partial charge in [0.15, 0.2) is 0 Å². The zero-order valence-electron chi connectivity index (χ0n) is 16.1. The third kappa shape index (κ3) is 4.33. The van der Waals surface area contributed by atoms with Crippen LogP contribution in [0.4, 0.5) is 0 Å². The molecule has 0 aromatic heterocycles. The molecule has 0 aliphatic carbocycles. The number of hydrogen-bond donors (Lipinski definition) is 0. The van der Waals surface area contributed by atoms with Crippen molar-refractivity contribution in [3.63, 3.8) is 0 Å². The van der Waals surface area contributed by atoms with E-state index in [1.54, 1.807) is 31.2 Å². The third-order valence-corrected chi connectivity index (χ3v) is 6.42. The fourth-order valence-electron chi connectivity index (χ4n) is 2.97. The average Bonchev–Trinajstić information content (AvgIpc) is 2.70. The van der Waals surface area contributed by atoms with Gasteiger partial charge < -0.3 is 0 Å². The Labute approximate surface area is 167 Å². The van der Waals surface area contributed by atoms with E-state index >= 15 is 0 Å². The van der Waals surface area contributed by atoms with Crippen LogP contribution in [0.5, 0.6) is 0 Å². The molecule has 0 N–H and O–H groups in total. The summed E-state index contributed by atoms with van der Waals surface area (Å²) in [5, 5.41) is 2.24. The molecule has 3 rings (SSSR count). The van der Waals surface area contributed by atoms with Crippen LogP contribution >= 0.6 is 0 Å². The van der Waals surface area contributed by atoms with E-state index in [4.69, 9.17) is 0 Å². The second kappa shape index (κ2) is 8.43. The van der Waals surface area contributed by atoms with Gasteiger partial charge >= 0.3 is 0 Å². The van der Waals surface area contributed by atoms with Crippen molar-refractivity contribution in [3.8, 4) is 11.8 Å². The predicted molar refractivity (Wildman–Crippen MR) is 116 cm³/mol. The van der Waals surface area contributed by atoms with Crippen molar-refractivity contribution in [1.29, 1.82) is 0 Å². The first-order chi connectivity index (χ1) is 13.4. The lowest BCUT2D eigenvalue weighted by Gasteiger charge is -2.21. The van der Waals surface area contributed by atoms with Crippen molar-refractivity contribution >= 4 is 26.4 Å². The molecule has 3 aromatic rings. The van der Waals surface area contributed by atoms with Gasteiger partial charge in [-0.25, -0.2) is 8.42 Å². The molecule has 0 saturated heterocycles. The van der Waals surface area contributed by atoms with E-state index in [1.807, 2.05) is 49.4 Å². The van der Waals surface area contributed by atoms with Crippen LogP contribution in [0.3, 0.4) is 0 Å². The Morgan fingerprint density at radius 3 is 2.36 bits per heavy atom. The van der Waals surface area contributed by atoms with E-state index < -0.39 is 10.0 Å². The van der Waals surface area contributed by atoms with Gasteiger partial charge in [-0.1, -0.05) is 66.6 Å². The number of sulfonamides is 1. The van der Waals surface area contributed by atoms with Crippen molar-refractivity contribution in [2.75, 3.05) is 13.1 Å².